The van der Waals surface area contributed by atoms with E-state index in [0.29, 0.717) is 0 Å². The van der Waals surface area contributed by atoms with Crippen molar-refractivity contribution in [3.05, 3.63) is 47.3 Å². The highest BCUT2D eigenvalue weighted by atomic mass is 16.5. The van der Waals surface area contributed by atoms with Gasteiger partial charge in [0.15, 0.2) is 11.9 Å². The van der Waals surface area contributed by atoms with Crippen molar-refractivity contribution in [2.75, 3.05) is 0 Å². The van der Waals surface area contributed by atoms with Gasteiger partial charge >= 0.3 is 0 Å². The summed E-state index contributed by atoms with van der Waals surface area (Å²) in [6.45, 7) is 5.76. The summed E-state index contributed by atoms with van der Waals surface area (Å²) in [7, 11) is 0. The molecule has 4 heteroatoms. The van der Waals surface area contributed by atoms with E-state index in [1.807, 2.05) is 51.1 Å². The Morgan fingerprint density at radius 3 is 2.67 bits per heavy atom. The molecule has 0 amide bonds. The average molecular weight is 246 g/mol. The number of rotatable bonds is 4. The summed E-state index contributed by atoms with van der Waals surface area (Å²) < 4.78 is 11.0. The fourth-order valence-corrected chi connectivity index (χ4v) is 1.71. The van der Waals surface area contributed by atoms with E-state index in [1.54, 1.807) is 0 Å². The molecule has 0 aliphatic rings. The maximum absolute atomic E-state index is 5.84. The number of benzene rings is 1. The average Bonchev–Trinajstić information content (AvgIpc) is 2.76. The van der Waals surface area contributed by atoms with Gasteiger partial charge in [-0.1, -0.05) is 17.3 Å². The maximum Gasteiger partial charge on any atom is 0.177 e. The molecule has 4 nitrogen and oxygen atoms in total. The van der Waals surface area contributed by atoms with E-state index in [9.17, 15) is 0 Å². The first-order chi connectivity index (χ1) is 8.56. The van der Waals surface area contributed by atoms with Crippen LogP contribution in [0.3, 0.4) is 0 Å². The van der Waals surface area contributed by atoms with Crippen molar-refractivity contribution >= 4 is 0 Å². The van der Waals surface area contributed by atoms with E-state index in [0.717, 1.165) is 22.8 Å². The normalized spacial score (nSPS) is 14.2. The summed E-state index contributed by atoms with van der Waals surface area (Å²) in [4.78, 5) is 0. The van der Waals surface area contributed by atoms with Crippen molar-refractivity contribution in [3.63, 3.8) is 0 Å². The van der Waals surface area contributed by atoms with Crippen LogP contribution in [0.2, 0.25) is 0 Å². The Kier molecular flexibility index (Phi) is 3.67. The van der Waals surface area contributed by atoms with Gasteiger partial charge in [0.1, 0.15) is 5.75 Å². The van der Waals surface area contributed by atoms with Gasteiger partial charge in [-0.3, -0.25) is 0 Å². The van der Waals surface area contributed by atoms with E-state index in [1.165, 1.54) is 0 Å². The Morgan fingerprint density at radius 2 is 2.06 bits per heavy atom. The van der Waals surface area contributed by atoms with Crippen LogP contribution in [0.25, 0.3) is 0 Å². The van der Waals surface area contributed by atoms with Crippen LogP contribution in [0, 0.1) is 6.92 Å². The topological polar surface area (TPSA) is 61.3 Å². The Balaban J connectivity index is 2.11. The highest BCUT2D eigenvalue weighted by Crippen LogP contribution is 2.24. The molecule has 0 bridgehead atoms. The molecule has 0 spiro atoms. The molecule has 0 radical (unpaired) electrons. The standard InChI is InChI=1S/C14H18N2O2/c1-9-7-14(18-16-9)11(3)17-13-6-4-5-12(8-13)10(2)15/h4-8,10-11H,15H2,1-3H3. The van der Waals surface area contributed by atoms with Crippen LogP contribution in [0.1, 0.15) is 43.0 Å². The minimum atomic E-state index is -0.172. The Labute approximate surface area is 107 Å². The molecular weight excluding hydrogens is 228 g/mol. The van der Waals surface area contributed by atoms with Gasteiger partial charge in [-0.2, -0.15) is 0 Å². The minimum absolute atomic E-state index is 0.00335. The van der Waals surface area contributed by atoms with Crippen LogP contribution in [-0.2, 0) is 0 Å². The molecule has 96 valence electrons. The highest BCUT2D eigenvalue weighted by Gasteiger charge is 2.13. The van der Waals surface area contributed by atoms with Crippen molar-refractivity contribution in [1.82, 2.24) is 5.16 Å². The molecule has 0 saturated carbocycles. The second-order valence-corrected chi connectivity index (χ2v) is 4.49. The number of hydrogen-bond donors (Lipinski definition) is 1. The predicted molar refractivity (Wildman–Crippen MR) is 69.3 cm³/mol. The van der Waals surface area contributed by atoms with E-state index in [2.05, 4.69) is 5.16 Å². The third-order valence-corrected chi connectivity index (χ3v) is 2.74. The molecule has 1 heterocycles. The summed E-state index contributed by atoms with van der Waals surface area (Å²) in [6, 6.07) is 9.65. The number of ether oxygens (including phenoxy) is 1. The zero-order valence-electron chi connectivity index (χ0n) is 10.9. The molecule has 18 heavy (non-hydrogen) atoms. The molecule has 2 aromatic rings. The van der Waals surface area contributed by atoms with Crippen LogP contribution in [0.5, 0.6) is 5.75 Å². The summed E-state index contributed by atoms with van der Waals surface area (Å²) in [5.41, 5.74) is 7.74. The van der Waals surface area contributed by atoms with Gasteiger partial charge in [0.2, 0.25) is 0 Å². The number of aromatic nitrogens is 1. The largest absolute Gasteiger partial charge is 0.483 e. The van der Waals surface area contributed by atoms with Crippen LogP contribution >= 0.6 is 0 Å². The smallest absolute Gasteiger partial charge is 0.177 e. The van der Waals surface area contributed by atoms with Crippen LogP contribution < -0.4 is 10.5 Å². The summed E-state index contributed by atoms with van der Waals surface area (Å²) >= 11 is 0. The van der Waals surface area contributed by atoms with E-state index in [4.69, 9.17) is 15.0 Å². The lowest BCUT2D eigenvalue weighted by molar-refractivity contribution is 0.181. The summed E-state index contributed by atoms with van der Waals surface area (Å²) in [6.07, 6.45) is -0.172. The molecule has 0 saturated heterocycles. The van der Waals surface area contributed by atoms with E-state index in [-0.39, 0.29) is 12.1 Å². The number of hydrogen-bond acceptors (Lipinski definition) is 4. The first kappa shape index (κ1) is 12.6. The molecule has 0 fully saturated rings. The quantitative estimate of drug-likeness (QED) is 0.900. The minimum Gasteiger partial charge on any atom is -0.483 e. The lowest BCUT2D eigenvalue weighted by Gasteiger charge is -2.13. The SMILES string of the molecule is Cc1cc(C(C)Oc2cccc(C(C)N)c2)on1. The molecule has 2 N–H and O–H groups in total. The second kappa shape index (κ2) is 5.23. The Hall–Kier alpha value is -1.81. The monoisotopic (exact) mass is 246 g/mol. The third-order valence-electron chi connectivity index (χ3n) is 2.74. The van der Waals surface area contributed by atoms with Gasteiger partial charge in [0.05, 0.1) is 5.69 Å². The van der Waals surface area contributed by atoms with Crippen LogP contribution in [0.15, 0.2) is 34.9 Å². The van der Waals surface area contributed by atoms with Gasteiger partial charge in [-0.05, 0) is 38.5 Å². The maximum atomic E-state index is 5.84. The first-order valence-electron chi connectivity index (χ1n) is 6.01. The highest BCUT2D eigenvalue weighted by molar-refractivity contribution is 5.30. The lowest BCUT2D eigenvalue weighted by Crippen LogP contribution is -2.06. The summed E-state index contributed by atoms with van der Waals surface area (Å²) in [5.74, 6) is 1.50. The number of aryl methyl sites for hydroxylation is 1. The summed E-state index contributed by atoms with van der Waals surface area (Å²) in [5, 5.41) is 3.85. The predicted octanol–water partition coefficient (Wildman–Crippen LogP) is 3.14. The number of nitrogens with two attached hydrogens (primary N) is 1. The Morgan fingerprint density at radius 1 is 1.28 bits per heavy atom. The van der Waals surface area contributed by atoms with Crippen molar-refractivity contribution in [3.8, 4) is 5.75 Å². The van der Waals surface area contributed by atoms with E-state index < -0.39 is 0 Å². The number of nitrogens with zero attached hydrogens (tertiary/aromatic N) is 1. The van der Waals surface area contributed by atoms with E-state index >= 15 is 0 Å². The van der Waals surface area contributed by atoms with Gasteiger partial charge < -0.3 is 15.0 Å². The lowest BCUT2D eigenvalue weighted by atomic mass is 10.1. The molecular formula is C14H18N2O2. The fourth-order valence-electron chi connectivity index (χ4n) is 1.71. The second-order valence-electron chi connectivity index (χ2n) is 4.49. The first-order valence-corrected chi connectivity index (χ1v) is 6.01. The molecule has 2 rings (SSSR count). The third kappa shape index (κ3) is 2.90. The van der Waals surface area contributed by atoms with Gasteiger partial charge in [-0.15, -0.1) is 0 Å². The van der Waals surface area contributed by atoms with Crippen LogP contribution in [0.4, 0.5) is 0 Å². The molecule has 0 aliphatic heterocycles. The molecule has 2 unspecified atom stereocenters. The van der Waals surface area contributed by atoms with Crippen molar-refractivity contribution in [2.24, 2.45) is 5.73 Å². The Bertz CT molecular complexity index is 520. The zero-order valence-corrected chi connectivity index (χ0v) is 10.9. The van der Waals surface area contributed by atoms with Gasteiger partial charge in [0.25, 0.3) is 0 Å². The fraction of sp³-hybridized carbons (Fsp3) is 0.357. The van der Waals surface area contributed by atoms with Crippen molar-refractivity contribution < 1.29 is 9.26 Å². The zero-order chi connectivity index (χ0) is 13.1. The van der Waals surface area contributed by atoms with Crippen LogP contribution in [-0.4, -0.2) is 5.16 Å². The van der Waals surface area contributed by atoms with Gasteiger partial charge in [0, 0.05) is 12.1 Å². The van der Waals surface area contributed by atoms with Crippen molar-refractivity contribution in [2.45, 2.75) is 32.9 Å². The van der Waals surface area contributed by atoms with Gasteiger partial charge in [-0.25, -0.2) is 0 Å². The van der Waals surface area contributed by atoms with Crippen molar-refractivity contribution in [1.29, 1.82) is 0 Å². The molecule has 0 aliphatic carbocycles. The molecule has 1 aromatic heterocycles. The molecule has 1 aromatic carbocycles. The molecule has 2 atom stereocenters.